The van der Waals surface area contributed by atoms with Gasteiger partial charge in [-0.15, -0.1) is 23.1 Å². The second kappa shape index (κ2) is 11.5. The number of aromatic nitrogens is 2. The molecule has 0 bridgehead atoms. The minimum absolute atomic E-state index is 0.00305. The highest BCUT2D eigenvalue weighted by molar-refractivity contribution is 7.99. The normalized spacial score (nSPS) is 20.6. The van der Waals surface area contributed by atoms with Gasteiger partial charge in [-0.25, -0.2) is 14.6 Å². The summed E-state index contributed by atoms with van der Waals surface area (Å²) < 4.78 is 6.98. The number of fused-ring (bicyclic) bond motifs is 2. The maximum Gasteiger partial charge on any atom is 0.407 e. The number of imidazole rings is 1. The van der Waals surface area contributed by atoms with Gasteiger partial charge < -0.3 is 25.2 Å². The number of benzene rings is 1. The Morgan fingerprint density at radius 2 is 2.05 bits per heavy atom. The van der Waals surface area contributed by atoms with Crippen molar-refractivity contribution in [1.29, 1.82) is 0 Å². The van der Waals surface area contributed by atoms with E-state index in [9.17, 15) is 34.7 Å². The van der Waals surface area contributed by atoms with Crippen molar-refractivity contribution in [2.45, 2.75) is 44.0 Å². The van der Waals surface area contributed by atoms with E-state index in [0.717, 1.165) is 14.7 Å². The summed E-state index contributed by atoms with van der Waals surface area (Å²) in [6, 6.07) is 5.38. The van der Waals surface area contributed by atoms with Gasteiger partial charge in [-0.05, 0) is 31.0 Å². The van der Waals surface area contributed by atoms with Gasteiger partial charge in [-0.1, -0.05) is 6.92 Å². The molecule has 2 amide bonds. The topological polar surface area (TPSA) is 177 Å². The number of non-ortho nitro benzene ring substituents is 1. The van der Waals surface area contributed by atoms with E-state index in [1.807, 2.05) is 17.5 Å². The summed E-state index contributed by atoms with van der Waals surface area (Å²) in [4.78, 5) is 54.3. The largest absolute Gasteiger partial charge is 0.477 e. The first-order valence-corrected chi connectivity index (χ1v) is 14.6. The molecular formula is C26H27N5O8S2. The van der Waals surface area contributed by atoms with E-state index in [2.05, 4.69) is 10.3 Å². The van der Waals surface area contributed by atoms with Crippen LogP contribution >= 0.6 is 23.1 Å². The molecule has 13 nitrogen and oxygen atoms in total. The standard InChI is InChI=1S/C26H27N5O8S2/c1-13-18(21(25(34)35)30-20(13)19(14(2)32)23(30)33)17-10-29-12-28-22(24(29)41-17)40-9-3-8-27-26(36)39-11-15-4-6-16(7-5-15)31(37)38/h4-7,10,12-14,19-20,32H,3,8-9,11H2,1-2H3,(H,27,36)(H,34,35)/t13-,14+,19+,20+/m0/s1. The molecule has 5 rings (SSSR count). The van der Waals surface area contributed by atoms with E-state index in [4.69, 9.17) is 4.74 Å². The third-order valence-electron chi connectivity index (χ3n) is 7.17. The Hall–Kier alpha value is -3.95. The molecule has 0 radical (unpaired) electrons. The lowest BCUT2D eigenvalue weighted by molar-refractivity contribution is -0.384. The number of hydrogen-bond donors (Lipinski definition) is 3. The summed E-state index contributed by atoms with van der Waals surface area (Å²) in [6.45, 7) is 3.81. The Balaban J connectivity index is 1.15. The Kier molecular flexibility index (Phi) is 8.02. The van der Waals surface area contributed by atoms with Gasteiger partial charge in [0.15, 0.2) is 0 Å². The number of nitrogens with zero attached hydrogens (tertiary/aromatic N) is 4. The number of carboxylic acid groups (broad SMARTS) is 1. The number of amides is 2. The van der Waals surface area contributed by atoms with Crippen molar-refractivity contribution in [3.8, 4) is 0 Å². The van der Waals surface area contributed by atoms with Crippen molar-refractivity contribution < 1.29 is 34.3 Å². The predicted molar refractivity (Wildman–Crippen MR) is 149 cm³/mol. The van der Waals surface area contributed by atoms with Crippen LogP contribution in [-0.4, -0.2) is 71.8 Å². The molecule has 3 aromatic rings. The van der Waals surface area contributed by atoms with E-state index in [0.29, 0.717) is 29.9 Å². The lowest BCUT2D eigenvalue weighted by Gasteiger charge is -2.46. The summed E-state index contributed by atoms with van der Waals surface area (Å²) >= 11 is 2.91. The quantitative estimate of drug-likeness (QED) is 0.0971. The van der Waals surface area contributed by atoms with Crippen LogP contribution < -0.4 is 5.32 Å². The highest BCUT2D eigenvalue weighted by Crippen LogP contribution is 2.51. The first-order valence-electron chi connectivity index (χ1n) is 12.8. The number of β-lactam (4-membered cyclic amide) rings is 1. The van der Waals surface area contributed by atoms with Crippen molar-refractivity contribution >= 4 is 57.2 Å². The summed E-state index contributed by atoms with van der Waals surface area (Å²) in [6.07, 6.45) is 2.67. The van der Waals surface area contributed by atoms with E-state index in [1.165, 1.54) is 52.3 Å². The SMILES string of the molecule is C[C@@H](O)[C@H]1C(=O)N2C(C(=O)O)=C(c3cn4cnc(SCCCNC(=O)OCc5ccc([N+](=O)[O-])cc5)c4s3)[C@H](C)[C@H]12. The van der Waals surface area contributed by atoms with Gasteiger partial charge in [0.05, 0.1) is 27.9 Å². The average molecular weight is 602 g/mol. The van der Waals surface area contributed by atoms with Crippen molar-refractivity contribution in [2.24, 2.45) is 11.8 Å². The third kappa shape index (κ3) is 5.39. The summed E-state index contributed by atoms with van der Waals surface area (Å²) in [5.74, 6) is -1.76. The molecule has 4 heterocycles. The monoisotopic (exact) mass is 601 g/mol. The van der Waals surface area contributed by atoms with Gasteiger partial charge in [0.1, 0.15) is 28.5 Å². The van der Waals surface area contributed by atoms with E-state index >= 15 is 0 Å². The number of alkyl carbamates (subject to hydrolysis) is 1. The number of nitrogens with one attached hydrogen (secondary N) is 1. The molecule has 0 spiro atoms. The van der Waals surface area contributed by atoms with Crippen LogP contribution in [0.4, 0.5) is 10.5 Å². The number of nitro benzene ring substituents is 1. The molecule has 0 saturated carbocycles. The number of rotatable bonds is 11. The highest BCUT2D eigenvalue weighted by Gasteiger charge is 2.60. The van der Waals surface area contributed by atoms with Gasteiger partial charge in [-0.2, -0.15) is 0 Å². The molecule has 1 fully saturated rings. The Labute approximate surface area is 242 Å². The zero-order valence-electron chi connectivity index (χ0n) is 22.1. The van der Waals surface area contributed by atoms with E-state index < -0.39 is 29.0 Å². The van der Waals surface area contributed by atoms with Gasteiger partial charge in [-0.3, -0.25) is 19.3 Å². The number of aliphatic hydroxyl groups is 1. The maximum absolute atomic E-state index is 12.6. The fourth-order valence-electron chi connectivity index (χ4n) is 5.24. The number of carbonyl (C=O) groups is 3. The molecule has 1 saturated heterocycles. The molecule has 2 aromatic heterocycles. The number of thioether (sulfide) groups is 1. The number of ether oxygens (including phenoxy) is 1. The van der Waals surface area contributed by atoms with Crippen LogP contribution in [0.15, 0.2) is 47.5 Å². The molecular weight excluding hydrogens is 574 g/mol. The number of aliphatic carboxylic acids is 1. The lowest BCUT2D eigenvalue weighted by Crippen LogP contribution is -2.63. The van der Waals surface area contributed by atoms with Gasteiger partial charge in [0.2, 0.25) is 5.91 Å². The average Bonchev–Trinajstić information content (AvgIpc) is 3.57. The molecule has 2 aliphatic heterocycles. The van der Waals surface area contributed by atoms with Crippen LogP contribution in [0.5, 0.6) is 0 Å². The van der Waals surface area contributed by atoms with Crippen molar-refractivity contribution in [1.82, 2.24) is 19.6 Å². The lowest BCUT2D eigenvalue weighted by atomic mass is 9.77. The van der Waals surface area contributed by atoms with Crippen LogP contribution in [0.25, 0.3) is 10.4 Å². The van der Waals surface area contributed by atoms with Gasteiger partial charge >= 0.3 is 12.1 Å². The zero-order chi connectivity index (χ0) is 29.4. The maximum atomic E-state index is 12.6. The molecule has 0 unspecified atom stereocenters. The molecule has 15 heteroatoms. The number of carboxylic acids is 1. The van der Waals surface area contributed by atoms with E-state index in [1.54, 1.807) is 13.3 Å². The summed E-state index contributed by atoms with van der Waals surface area (Å²) in [7, 11) is 0. The van der Waals surface area contributed by atoms with Crippen LogP contribution in [0.1, 0.15) is 30.7 Å². The summed E-state index contributed by atoms with van der Waals surface area (Å²) in [5, 5.41) is 34.2. The minimum Gasteiger partial charge on any atom is -0.477 e. The Bertz CT molecular complexity index is 1550. The highest BCUT2D eigenvalue weighted by atomic mass is 32.2. The zero-order valence-corrected chi connectivity index (χ0v) is 23.7. The Morgan fingerprint density at radius 1 is 1.32 bits per heavy atom. The van der Waals surface area contributed by atoms with Gasteiger partial charge in [0.25, 0.3) is 5.69 Å². The second-order valence-electron chi connectivity index (χ2n) is 9.81. The molecule has 4 atom stereocenters. The molecule has 2 aliphatic rings. The molecule has 216 valence electrons. The first-order chi connectivity index (χ1) is 19.6. The van der Waals surface area contributed by atoms with Crippen molar-refractivity contribution in [3.63, 3.8) is 0 Å². The van der Waals surface area contributed by atoms with Crippen molar-refractivity contribution in [2.75, 3.05) is 12.3 Å². The summed E-state index contributed by atoms with van der Waals surface area (Å²) in [5.41, 5.74) is 1.16. The first kappa shape index (κ1) is 28.6. The van der Waals surface area contributed by atoms with Crippen LogP contribution in [0, 0.1) is 22.0 Å². The van der Waals surface area contributed by atoms with Crippen LogP contribution in [0.2, 0.25) is 0 Å². The molecule has 41 heavy (non-hydrogen) atoms. The van der Waals surface area contributed by atoms with Crippen LogP contribution in [0.3, 0.4) is 0 Å². The van der Waals surface area contributed by atoms with E-state index in [-0.39, 0.29) is 35.9 Å². The number of hydrogen-bond acceptors (Lipinski definition) is 10. The van der Waals surface area contributed by atoms with Crippen LogP contribution in [-0.2, 0) is 20.9 Å². The third-order valence-corrected chi connectivity index (χ3v) is 9.50. The molecule has 0 aliphatic carbocycles. The smallest absolute Gasteiger partial charge is 0.407 e. The van der Waals surface area contributed by atoms with Gasteiger partial charge in [0, 0.05) is 42.1 Å². The minimum atomic E-state index is -1.17. The number of carbonyl (C=O) groups excluding carboxylic acids is 2. The molecule has 1 aromatic carbocycles. The molecule has 3 N–H and O–H groups in total. The Morgan fingerprint density at radius 3 is 2.71 bits per heavy atom. The van der Waals surface area contributed by atoms with Crippen molar-refractivity contribution in [3.05, 3.63) is 63.0 Å². The predicted octanol–water partition coefficient (Wildman–Crippen LogP) is 3.37. The number of thiazole rings is 1. The number of aliphatic hydroxyl groups excluding tert-OH is 1. The second-order valence-corrected chi connectivity index (χ2v) is 11.9. The number of nitro groups is 1. The fraction of sp³-hybridized carbons (Fsp3) is 0.385. The fourth-order valence-corrected chi connectivity index (χ4v) is 7.49.